The van der Waals surface area contributed by atoms with Crippen LogP contribution >= 0.6 is 0 Å². The number of hydrogen-bond donors (Lipinski definition) is 0. The maximum absolute atomic E-state index is 11.7. The molecule has 0 N–H and O–H groups in total. The second-order valence-electron chi connectivity index (χ2n) is 6.14. The van der Waals surface area contributed by atoms with Crippen LogP contribution in [0.4, 0.5) is 0 Å². The Labute approximate surface area is 136 Å². The number of allylic oxidation sites excluding steroid dienone is 1. The summed E-state index contributed by atoms with van der Waals surface area (Å²) in [6.45, 7) is 11.2. The first-order valence-electron chi connectivity index (χ1n) is 8.91. The van der Waals surface area contributed by atoms with Gasteiger partial charge in [0.15, 0.2) is 0 Å². The zero-order valence-electron chi connectivity index (χ0n) is 15.0. The van der Waals surface area contributed by atoms with Gasteiger partial charge in [-0.05, 0) is 0 Å². The topological polar surface area (TPSA) is 26.3 Å². The molecule has 0 spiro atoms. The summed E-state index contributed by atoms with van der Waals surface area (Å²) in [4.78, 5) is 11.7. The van der Waals surface area contributed by atoms with Crippen LogP contribution in [-0.2, 0) is 9.53 Å². The van der Waals surface area contributed by atoms with Crippen LogP contribution < -0.4 is 0 Å². The zero-order chi connectivity index (χ0) is 16.1. The molecule has 21 heavy (non-hydrogen) atoms. The van der Waals surface area contributed by atoms with Crippen molar-refractivity contribution in [3.63, 3.8) is 0 Å². The summed E-state index contributed by atoms with van der Waals surface area (Å²) in [6.07, 6.45) is 9.48. The van der Waals surface area contributed by atoms with Crippen molar-refractivity contribution in [2.24, 2.45) is 0 Å². The molecule has 0 rings (SSSR count). The van der Waals surface area contributed by atoms with E-state index in [1.165, 1.54) is 51.8 Å². The molecule has 0 aliphatic carbocycles. The van der Waals surface area contributed by atoms with Crippen LogP contribution in [-0.4, -0.2) is 30.8 Å². The molecule has 0 saturated carbocycles. The third-order valence-corrected chi connectivity index (χ3v) is 19.2. The fraction of sp³-hybridized carbons (Fsp3) is 0.833. The second kappa shape index (κ2) is 12.5. The number of ketones is 1. The number of carbonyl (C=O) groups is 1. The summed E-state index contributed by atoms with van der Waals surface area (Å²) in [6, 6.07) is 0. The van der Waals surface area contributed by atoms with Crippen molar-refractivity contribution in [2.75, 3.05) is 6.61 Å². The summed E-state index contributed by atoms with van der Waals surface area (Å²) in [7, 11) is 0. The summed E-state index contributed by atoms with van der Waals surface area (Å²) < 4.78 is 11.3. The van der Waals surface area contributed by atoms with Gasteiger partial charge >= 0.3 is 137 Å². The van der Waals surface area contributed by atoms with Gasteiger partial charge in [0.25, 0.3) is 0 Å². The molecule has 0 aliphatic rings. The molecule has 0 radical (unpaired) electrons. The fourth-order valence-corrected chi connectivity index (χ4v) is 18.8. The number of rotatable bonds is 13. The molecule has 3 heteroatoms. The van der Waals surface area contributed by atoms with Crippen LogP contribution in [0.3, 0.4) is 0 Å². The molecule has 0 aromatic heterocycles. The van der Waals surface area contributed by atoms with Gasteiger partial charge in [-0.15, -0.1) is 0 Å². The standard InChI is InChI=1S/C6H9O2.3C4H9.Sn/c1-3-8-5-4-6(2)7;3*1-3-4-2;/h4H,3H2,1-2H3;3*1,3-4H2,2H3;. The predicted molar refractivity (Wildman–Crippen MR) is 95.3 cm³/mol. The molecule has 0 unspecified atom stereocenters. The van der Waals surface area contributed by atoms with Crippen LogP contribution in [0, 0.1) is 0 Å². The first kappa shape index (κ1) is 21.0. The molecule has 0 amide bonds. The van der Waals surface area contributed by atoms with Gasteiger partial charge in [-0.3, -0.25) is 0 Å². The quantitative estimate of drug-likeness (QED) is 0.218. The number of hydrogen-bond acceptors (Lipinski definition) is 2. The molecule has 0 aliphatic heterocycles. The normalized spacial score (nSPS) is 12.5. The van der Waals surface area contributed by atoms with Crippen molar-refractivity contribution in [2.45, 2.75) is 86.5 Å². The molecule has 0 fully saturated rings. The van der Waals surface area contributed by atoms with Crippen molar-refractivity contribution in [3.8, 4) is 0 Å². The van der Waals surface area contributed by atoms with Crippen molar-refractivity contribution < 1.29 is 9.53 Å². The Kier molecular flexibility index (Phi) is 12.5. The van der Waals surface area contributed by atoms with Gasteiger partial charge in [0.1, 0.15) is 0 Å². The molecular formula is C18H36O2Sn. The first-order chi connectivity index (χ1) is 10.1. The molecule has 0 heterocycles. The van der Waals surface area contributed by atoms with Gasteiger partial charge in [-0.1, -0.05) is 0 Å². The van der Waals surface area contributed by atoms with Crippen LogP contribution in [0.2, 0.25) is 13.3 Å². The van der Waals surface area contributed by atoms with Crippen LogP contribution in [0.1, 0.15) is 73.1 Å². The van der Waals surface area contributed by atoms with Crippen molar-refractivity contribution >= 4 is 24.2 Å². The molecule has 0 aromatic carbocycles. The van der Waals surface area contributed by atoms with E-state index in [0.29, 0.717) is 6.61 Å². The molecule has 0 saturated heterocycles. The second-order valence-corrected chi connectivity index (χ2v) is 19.1. The fourth-order valence-electron chi connectivity index (χ4n) is 2.98. The maximum atomic E-state index is 11.7. The van der Waals surface area contributed by atoms with Crippen molar-refractivity contribution in [1.82, 2.24) is 0 Å². The van der Waals surface area contributed by atoms with E-state index in [-0.39, 0.29) is 5.78 Å². The molecule has 0 aromatic rings. The average molecular weight is 403 g/mol. The molecule has 0 bridgehead atoms. The SMILES string of the molecule is CCC[CH2][Sn]([CH2]CCC)([CH2]CCC)/[C](=C/C(C)=O)OCC. The van der Waals surface area contributed by atoms with Crippen LogP contribution in [0.5, 0.6) is 0 Å². The zero-order valence-corrected chi connectivity index (χ0v) is 17.8. The molecule has 124 valence electrons. The van der Waals surface area contributed by atoms with Gasteiger partial charge in [0, 0.05) is 0 Å². The third kappa shape index (κ3) is 8.27. The third-order valence-electron chi connectivity index (χ3n) is 4.18. The van der Waals surface area contributed by atoms with E-state index in [1.807, 2.05) is 13.0 Å². The Morgan fingerprint density at radius 1 is 0.905 bits per heavy atom. The van der Waals surface area contributed by atoms with E-state index in [4.69, 9.17) is 4.74 Å². The van der Waals surface area contributed by atoms with E-state index in [1.54, 1.807) is 6.92 Å². The van der Waals surface area contributed by atoms with E-state index >= 15 is 0 Å². The molecule has 2 nitrogen and oxygen atoms in total. The number of ether oxygens (including phenoxy) is 1. The monoisotopic (exact) mass is 404 g/mol. The Balaban J connectivity index is 5.44. The van der Waals surface area contributed by atoms with Crippen LogP contribution in [0.25, 0.3) is 0 Å². The van der Waals surface area contributed by atoms with E-state index in [9.17, 15) is 4.79 Å². The average Bonchev–Trinajstić information content (AvgIpc) is 2.46. The number of unbranched alkanes of at least 4 members (excludes halogenated alkanes) is 3. The first-order valence-corrected chi connectivity index (χ1v) is 16.4. The van der Waals surface area contributed by atoms with Gasteiger partial charge in [0.2, 0.25) is 0 Å². The Bertz CT molecular complexity index is 289. The van der Waals surface area contributed by atoms with Gasteiger partial charge in [0.05, 0.1) is 0 Å². The Morgan fingerprint density at radius 2 is 1.33 bits per heavy atom. The molecular weight excluding hydrogens is 367 g/mol. The Hall–Kier alpha value is 0.00870. The van der Waals surface area contributed by atoms with Crippen molar-refractivity contribution in [1.29, 1.82) is 0 Å². The minimum absolute atomic E-state index is 0.157. The summed E-state index contributed by atoms with van der Waals surface area (Å²) in [5.74, 6) is 0.157. The predicted octanol–water partition coefficient (Wildman–Crippen LogP) is 5.88. The number of carbonyl (C=O) groups excluding carboxylic acids is 1. The summed E-state index contributed by atoms with van der Waals surface area (Å²) in [5.41, 5.74) is 0. The van der Waals surface area contributed by atoms with E-state index in [0.717, 1.165) is 3.78 Å². The van der Waals surface area contributed by atoms with Crippen molar-refractivity contribution in [3.05, 3.63) is 9.85 Å². The van der Waals surface area contributed by atoms with Gasteiger partial charge in [-0.25, -0.2) is 0 Å². The molecule has 0 atom stereocenters. The summed E-state index contributed by atoms with van der Waals surface area (Å²) >= 11 is -2.54. The van der Waals surface area contributed by atoms with Crippen LogP contribution in [0.15, 0.2) is 9.85 Å². The van der Waals surface area contributed by atoms with E-state index in [2.05, 4.69) is 20.8 Å². The van der Waals surface area contributed by atoms with Gasteiger partial charge < -0.3 is 0 Å². The van der Waals surface area contributed by atoms with E-state index < -0.39 is 18.4 Å². The minimum atomic E-state index is -2.54. The Morgan fingerprint density at radius 3 is 1.62 bits per heavy atom. The summed E-state index contributed by atoms with van der Waals surface area (Å²) in [5, 5.41) is 0. The van der Waals surface area contributed by atoms with Gasteiger partial charge in [-0.2, -0.15) is 0 Å².